The van der Waals surface area contributed by atoms with Crippen LogP contribution in [0.15, 0.2) is 24.3 Å². The van der Waals surface area contributed by atoms with Gasteiger partial charge < -0.3 is 4.90 Å². The van der Waals surface area contributed by atoms with Crippen molar-refractivity contribution in [3.05, 3.63) is 35.4 Å². The first kappa shape index (κ1) is 17.3. The molecule has 0 aromatic heterocycles. The SMILES string of the molecule is CCCN1CCC(c2ccc(C(F)(F)F)cc2)CC1.Cl. The number of rotatable bonds is 3. The molecule has 1 nitrogen and oxygen atoms in total. The Balaban J connectivity index is 0.00000200. The number of benzene rings is 1. The molecule has 0 aliphatic carbocycles. The van der Waals surface area contributed by atoms with Crippen LogP contribution in [0.4, 0.5) is 13.2 Å². The monoisotopic (exact) mass is 307 g/mol. The Morgan fingerprint density at radius 2 is 1.65 bits per heavy atom. The predicted molar refractivity (Wildman–Crippen MR) is 77.4 cm³/mol. The molecule has 0 spiro atoms. The van der Waals surface area contributed by atoms with Crippen LogP contribution in [-0.4, -0.2) is 24.5 Å². The van der Waals surface area contributed by atoms with Gasteiger partial charge in [0, 0.05) is 0 Å². The van der Waals surface area contributed by atoms with E-state index in [1.807, 2.05) is 0 Å². The van der Waals surface area contributed by atoms with Crippen molar-refractivity contribution in [1.82, 2.24) is 4.90 Å². The lowest BCUT2D eigenvalue weighted by atomic mass is 9.89. The summed E-state index contributed by atoms with van der Waals surface area (Å²) in [5.41, 5.74) is 0.490. The highest BCUT2D eigenvalue weighted by Crippen LogP contribution is 2.32. The summed E-state index contributed by atoms with van der Waals surface area (Å²) in [7, 11) is 0. The second kappa shape index (κ2) is 7.32. The number of hydrogen-bond acceptors (Lipinski definition) is 1. The number of nitrogens with zero attached hydrogens (tertiary/aromatic N) is 1. The fraction of sp³-hybridized carbons (Fsp3) is 0.600. The van der Waals surface area contributed by atoms with Crippen LogP contribution in [0.1, 0.15) is 43.2 Å². The second-order valence-corrected chi connectivity index (χ2v) is 5.24. The van der Waals surface area contributed by atoms with Gasteiger partial charge in [-0.2, -0.15) is 13.2 Å². The largest absolute Gasteiger partial charge is 0.416 e. The second-order valence-electron chi connectivity index (χ2n) is 5.24. The third kappa shape index (κ3) is 4.38. The highest BCUT2D eigenvalue weighted by molar-refractivity contribution is 5.85. The normalized spacial score (nSPS) is 17.8. The first-order chi connectivity index (χ1) is 9.00. The molecular weight excluding hydrogens is 287 g/mol. The Kier molecular flexibility index (Phi) is 6.34. The Hall–Kier alpha value is -0.740. The number of piperidine rings is 1. The molecule has 1 aromatic rings. The molecule has 0 bridgehead atoms. The topological polar surface area (TPSA) is 3.24 Å². The molecule has 1 fully saturated rings. The van der Waals surface area contributed by atoms with E-state index in [0.29, 0.717) is 5.92 Å². The van der Waals surface area contributed by atoms with E-state index in [9.17, 15) is 13.2 Å². The van der Waals surface area contributed by atoms with E-state index in [0.717, 1.165) is 44.5 Å². The molecule has 0 unspecified atom stereocenters. The number of hydrogen-bond donors (Lipinski definition) is 0. The van der Waals surface area contributed by atoms with Crippen molar-refractivity contribution in [1.29, 1.82) is 0 Å². The lowest BCUT2D eigenvalue weighted by molar-refractivity contribution is -0.137. The number of likely N-dealkylation sites (tertiary alicyclic amines) is 1. The molecule has 1 aliphatic heterocycles. The molecule has 1 aromatic carbocycles. The van der Waals surface area contributed by atoms with Gasteiger partial charge in [0.2, 0.25) is 0 Å². The summed E-state index contributed by atoms with van der Waals surface area (Å²) in [5, 5.41) is 0. The third-order valence-corrected chi connectivity index (χ3v) is 3.84. The summed E-state index contributed by atoms with van der Waals surface area (Å²) < 4.78 is 37.5. The van der Waals surface area contributed by atoms with Crippen molar-refractivity contribution in [3.63, 3.8) is 0 Å². The Morgan fingerprint density at radius 3 is 2.10 bits per heavy atom. The summed E-state index contributed by atoms with van der Waals surface area (Å²) in [6.45, 7) is 5.40. The summed E-state index contributed by atoms with van der Waals surface area (Å²) in [4.78, 5) is 2.43. The molecule has 1 saturated heterocycles. The molecule has 0 atom stereocenters. The van der Waals surface area contributed by atoms with E-state index in [1.165, 1.54) is 12.1 Å². The molecule has 0 radical (unpaired) electrons. The van der Waals surface area contributed by atoms with Gasteiger partial charge in [-0.15, -0.1) is 12.4 Å². The quantitative estimate of drug-likeness (QED) is 0.781. The maximum absolute atomic E-state index is 12.5. The van der Waals surface area contributed by atoms with Gasteiger partial charge in [-0.1, -0.05) is 19.1 Å². The van der Waals surface area contributed by atoms with Crippen LogP contribution in [0, 0.1) is 0 Å². The van der Waals surface area contributed by atoms with Gasteiger partial charge in [-0.25, -0.2) is 0 Å². The summed E-state index contributed by atoms with van der Waals surface area (Å²) >= 11 is 0. The van der Waals surface area contributed by atoms with Gasteiger partial charge in [0.25, 0.3) is 0 Å². The summed E-state index contributed by atoms with van der Waals surface area (Å²) in [6, 6.07) is 5.69. The van der Waals surface area contributed by atoms with Crippen molar-refractivity contribution in [2.75, 3.05) is 19.6 Å². The number of alkyl halides is 3. The summed E-state index contributed by atoms with van der Waals surface area (Å²) in [6.07, 6.45) is -0.981. The fourth-order valence-corrected chi connectivity index (χ4v) is 2.75. The third-order valence-electron chi connectivity index (χ3n) is 3.84. The van der Waals surface area contributed by atoms with Crippen LogP contribution in [0.5, 0.6) is 0 Å². The van der Waals surface area contributed by atoms with E-state index in [-0.39, 0.29) is 12.4 Å². The zero-order valence-corrected chi connectivity index (χ0v) is 12.4. The van der Waals surface area contributed by atoms with Gasteiger partial charge in [0.1, 0.15) is 0 Å². The maximum atomic E-state index is 12.5. The first-order valence-corrected chi connectivity index (χ1v) is 6.90. The Bertz CT molecular complexity index is 395. The molecule has 1 aliphatic rings. The van der Waals surface area contributed by atoms with Crippen LogP contribution in [0.25, 0.3) is 0 Å². The summed E-state index contributed by atoms with van der Waals surface area (Å²) in [5.74, 6) is 0.412. The van der Waals surface area contributed by atoms with Crippen LogP contribution >= 0.6 is 12.4 Å². The van der Waals surface area contributed by atoms with E-state index in [2.05, 4.69) is 11.8 Å². The molecule has 5 heteroatoms. The van der Waals surface area contributed by atoms with Crippen molar-refractivity contribution in [2.24, 2.45) is 0 Å². The Morgan fingerprint density at radius 1 is 1.10 bits per heavy atom. The van der Waals surface area contributed by atoms with Crippen molar-refractivity contribution in [2.45, 2.75) is 38.3 Å². The lowest BCUT2D eigenvalue weighted by Gasteiger charge is -2.32. The maximum Gasteiger partial charge on any atom is 0.416 e. The number of halogens is 4. The Labute approximate surface area is 124 Å². The van der Waals surface area contributed by atoms with Crippen LogP contribution in [-0.2, 0) is 6.18 Å². The average molecular weight is 308 g/mol. The zero-order chi connectivity index (χ0) is 13.9. The van der Waals surface area contributed by atoms with Crippen LogP contribution in [0.3, 0.4) is 0 Å². The smallest absolute Gasteiger partial charge is 0.303 e. The minimum atomic E-state index is -4.23. The van der Waals surface area contributed by atoms with Crippen LogP contribution in [0.2, 0.25) is 0 Å². The molecular formula is C15H21ClF3N. The zero-order valence-electron chi connectivity index (χ0n) is 11.6. The molecule has 20 heavy (non-hydrogen) atoms. The molecule has 114 valence electrons. The van der Waals surface area contributed by atoms with Gasteiger partial charge in [0.15, 0.2) is 0 Å². The van der Waals surface area contributed by atoms with E-state index in [1.54, 1.807) is 12.1 Å². The van der Waals surface area contributed by atoms with E-state index >= 15 is 0 Å². The minimum absolute atomic E-state index is 0. The lowest BCUT2D eigenvalue weighted by Crippen LogP contribution is -2.33. The van der Waals surface area contributed by atoms with Gasteiger partial charge in [-0.05, 0) is 62.5 Å². The average Bonchev–Trinajstić information content (AvgIpc) is 2.39. The fourth-order valence-electron chi connectivity index (χ4n) is 2.75. The molecule has 0 N–H and O–H groups in total. The highest BCUT2D eigenvalue weighted by Gasteiger charge is 2.30. The predicted octanol–water partition coefficient (Wildman–Crippen LogP) is 4.72. The first-order valence-electron chi connectivity index (χ1n) is 6.90. The highest BCUT2D eigenvalue weighted by atomic mass is 35.5. The molecule has 0 saturated carbocycles. The van der Waals surface area contributed by atoms with E-state index in [4.69, 9.17) is 0 Å². The van der Waals surface area contributed by atoms with E-state index < -0.39 is 11.7 Å². The van der Waals surface area contributed by atoms with Gasteiger partial charge in [-0.3, -0.25) is 0 Å². The standard InChI is InChI=1S/C15H20F3N.ClH/c1-2-9-19-10-7-13(8-11-19)12-3-5-14(6-4-12)15(16,17)18;/h3-6,13H,2,7-11H2,1H3;1H. The van der Waals surface area contributed by atoms with Gasteiger partial charge in [0.05, 0.1) is 5.56 Å². The van der Waals surface area contributed by atoms with Crippen LogP contribution < -0.4 is 0 Å². The van der Waals surface area contributed by atoms with Gasteiger partial charge >= 0.3 is 6.18 Å². The minimum Gasteiger partial charge on any atom is -0.303 e. The molecule has 0 amide bonds. The van der Waals surface area contributed by atoms with Crippen molar-refractivity contribution >= 4 is 12.4 Å². The van der Waals surface area contributed by atoms with Crippen molar-refractivity contribution < 1.29 is 13.2 Å². The molecule has 2 rings (SSSR count). The molecule has 1 heterocycles. The van der Waals surface area contributed by atoms with Crippen molar-refractivity contribution in [3.8, 4) is 0 Å².